The summed E-state index contributed by atoms with van der Waals surface area (Å²) in [5.41, 5.74) is 0.922. The van der Waals surface area contributed by atoms with Crippen molar-refractivity contribution in [1.29, 1.82) is 0 Å². The summed E-state index contributed by atoms with van der Waals surface area (Å²) in [4.78, 5) is 9.18. The molecule has 8 nitrogen and oxygen atoms in total. The molecule has 25 heavy (non-hydrogen) atoms. The third-order valence-corrected chi connectivity index (χ3v) is 4.55. The molecule has 132 valence electrons. The van der Waals surface area contributed by atoms with E-state index in [-0.39, 0.29) is 6.04 Å². The van der Waals surface area contributed by atoms with Gasteiger partial charge in [-0.2, -0.15) is 4.98 Å². The van der Waals surface area contributed by atoms with Gasteiger partial charge in [0.05, 0.1) is 24.5 Å². The lowest BCUT2D eigenvalue weighted by molar-refractivity contribution is 0.0795. The molecular weight excluding hydrogens is 322 g/mol. The Bertz CT molecular complexity index is 802. The molecule has 0 amide bonds. The lowest BCUT2D eigenvalue weighted by Crippen LogP contribution is -2.46. The fourth-order valence-corrected chi connectivity index (χ4v) is 3.09. The number of aryl methyl sites for hydroxylation is 1. The first-order valence-electron chi connectivity index (χ1n) is 8.45. The second-order valence-corrected chi connectivity index (χ2v) is 6.36. The molecule has 3 aromatic rings. The first kappa shape index (κ1) is 16.0. The zero-order valence-corrected chi connectivity index (χ0v) is 14.4. The van der Waals surface area contributed by atoms with E-state index in [1.54, 1.807) is 6.26 Å². The lowest BCUT2D eigenvalue weighted by atomic mass is 10.2. The minimum Gasteiger partial charge on any atom is -0.461 e. The van der Waals surface area contributed by atoms with Gasteiger partial charge in [-0.3, -0.25) is 9.80 Å². The number of aromatic nitrogens is 3. The Kier molecular flexibility index (Phi) is 4.37. The summed E-state index contributed by atoms with van der Waals surface area (Å²) in [5.74, 6) is 2.64. The Labute approximate surface area is 145 Å². The molecule has 0 saturated carbocycles. The molecule has 0 radical (unpaired) electrons. The van der Waals surface area contributed by atoms with Gasteiger partial charge in [-0.1, -0.05) is 10.3 Å². The van der Waals surface area contributed by atoms with E-state index in [1.165, 1.54) is 0 Å². The fraction of sp³-hybridized carbons (Fsp3) is 0.471. The van der Waals surface area contributed by atoms with Crippen molar-refractivity contribution in [3.8, 4) is 11.6 Å². The van der Waals surface area contributed by atoms with Gasteiger partial charge in [0.25, 0.3) is 0 Å². The van der Waals surface area contributed by atoms with Gasteiger partial charge < -0.3 is 13.5 Å². The van der Waals surface area contributed by atoms with Crippen molar-refractivity contribution in [3.05, 3.63) is 41.8 Å². The minimum atomic E-state index is 0.0749. The van der Waals surface area contributed by atoms with Crippen molar-refractivity contribution in [1.82, 2.24) is 25.1 Å². The Morgan fingerprint density at radius 2 is 2.00 bits per heavy atom. The fourth-order valence-electron chi connectivity index (χ4n) is 3.09. The molecule has 0 bridgehead atoms. The average molecular weight is 343 g/mol. The van der Waals surface area contributed by atoms with E-state index in [0.717, 1.165) is 44.2 Å². The van der Waals surface area contributed by atoms with Crippen molar-refractivity contribution in [2.45, 2.75) is 26.4 Å². The Hall–Kier alpha value is -2.45. The second-order valence-electron chi connectivity index (χ2n) is 6.36. The van der Waals surface area contributed by atoms with Crippen LogP contribution in [0.15, 0.2) is 37.9 Å². The lowest BCUT2D eigenvalue weighted by Gasteiger charge is -2.36. The maximum absolute atomic E-state index is 5.43. The summed E-state index contributed by atoms with van der Waals surface area (Å²) >= 11 is 0. The highest BCUT2D eigenvalue weighted by atomic mass is 16.5. The van der Waals surface area contributed by atoms with E-state index in [2.05, 4.69) is 32.0 Å². The molecule has 4 rings (SSSR count). The number of nitrogens with zero attached hydrogens (tertiary/aromatic N) is 5. The van der Waals surface area contributed by atoms with Crippen LogP contribution in [0, 0.1) is 6.92 Å². The monoisotopic (exact) mass is 343 g/mol. The van der Waals surface area contributed by atoms with Gasteiger partial charge in [0.2, 0.25) is 11.7 Å². The molecule has 1 unspecified atom stereocenters. The predicted octanol–water partition coefficient (Wildman–Crippen LogP) is 2.50. The Morgan fingerprint density at radius 1 is 1.16 bits per heavy atom. The zero-order chi connectivity index (χ0) is 17.2. The summed E-state index contributed by atoms with van der Waals surface area (Å²) < 4.78 is 16.0. The molecule has 1 aliphatic rings. The van der Waals surface area contributed by atoms with Crippen molar-refractivity contribution in [2.75, 3.05) is 26.2 Å². The van der Waals surface area contributed by atoms with Crippen LogP contribution in [0.4, 0.5) is 0 Å². The van der Waals surface area contributed by atoms with Gasteiger partial charge in [-0.15, -0.1) is 0 Å². The molecule has 1 fully saturated rings. The normalized spacial score (nSPS) is 17.8. The van der Waals surface area contributed by atoms with Crippen LogP contribution in [0.2, 0.25) is 0 Å². The van der Waals surface area contributed by atoms with E-state index >= 15 is 0 Å². The Morgan fingerprint density at radius 3 is 2.68 bits per heavy atom. The molecule has 8 heteroatoms. The molecule has 4 heterocycles. The summed E-state index contributed by atoms with van der Waals surface area (Å²) in [6, 6.07) is 5.70. The summed E-state index contributed by atoms with van der Waals surface area (Å²) in [6.45, 7) is 8.63. The highest BCUT2D eigenvalue weighted by molar-refractivity contribution is 5.44. The molecule has 0 aliphatic carbocycles. The van der Waals surface area contributed by atoms with Crippen LogP contribution in [0.3, 0.4) is 0 Å². The van der Waals surface area contributed by atoms with Crippen molar-refractivity contribution < 1.29 is 13.5 Å². The first-order chi connectivity index (χ1) is 12.2. The van der Waals surface area contributed by atoms with Gasteiger partial charge in [0.15, 0.2) is 11.5 Å². The number of rotatable bonds is 5. The van der Waals surface area contributed by atoms with Crippen LogP contribution < -0.4 is 0 Å². The Balaban J connectivity index is 1.34. The van der Waals surface area contributed by atoms with Crippen LogP contribution in [0.5, 0.6) is 0 Å². The largest absolute Gasteiger partial charge is 0.461 e. The number of hydrogen-bond donors (Lipinski definition) is 0. The van der Waals surface area contributed by atoms with Crippen molar-refractivity contribution >= 4 is 0 Å². The van der Waals surface area contributed by atoms with Gasteiger partial charge in [-0.25, -0.2) is 0 Å². The van der Waals surface area contributed by atoms with E-state index in [4.69, 9.17) is 13.5 Å². The smallest absolute Gasteiger partial charge is 0.244 e. The van der Waals surface area contributed by atoms with Crippen LogP contribution in [-0.4, -0.2) is 51.3 Å². The molecule has 0 spiro atoms. The van der Waals surface area contributed by atoms with E-state index in [0.29, 0.717) is 17.5 Å². The van der Waals surface area contributed by atoms with Gasteiger partial charge >= 0.3 is 0 Å². The maximum Gasteiger partial charge on any atom is 0.244 e. The highest BCUT2D eigenvalue weighted by Gasteiger charge is 2.26. The molecule has 1 saturated heterocycles. The molecule has 1 atom stereocenters. The zero-order valence-electron chi connectivity index (χ0n) is 14.4. The van der Waals surface area contributed by atoms with Crippen molar-refractivity contribution in [3.63, 3.8) is 0 Å². The van der Waals surface area contributed by atoms with Crippen LogP contribution >= 0.6 is 0 Å². The van der Waals surface area contributed by atoms with Gasteiger partial charge in [-0.05, 0) is 26.0 Å². The van der Waals surface area contributed by atoms with E-state index in [1.807, 2.05) is 25.1 Å². The maximum atomic E-state index is 5.43. The van der Waals surface area contributed by atoms with Crippen LogP contribution in [0.1, 0.15) is 30.3 Å². The van der Waals surface area contributed by atoms with Crippen LogP contribution in [0.25, 0.3) is 11.6 Å². The standard InChI is InChI=1S/C17H21N5O3/c1-12-10-14(24-19-12)11-21-5-7-22(8-6-21)13(2)17-18-16(20-25-17)15-4-3-9-23-15/h3-4,9-10,13H,5-8,11H2,1-2H3. The molecule has 1 aliphatic heterocycles. The van der Waals surface area contributed by atoms with E-state index in [9.17, 15) is 0 Å². The average Bonchev–Trinajstić information content (AvgIpc) is 3.36. The summed E-state index contributed by atoms with van der Waals surface area (Å²) in [6.07, 6.45) is 1.60. The SMILES string of the molecule is Cc1cc(CN2CCN(C(C)c3nc(-c4ccco4)no3)CC2)on1. The quantitative estimate of drug-likeness (QED) is 0.698. The molecule has 0 N–H and O–H groups in total. The summed E-state index contributed by atoms with van der Waals surface area (Å²) in [7, 11) is 0. The topological polar surface area (TPSA) is 84.6 Å². The van der Waals surface area contributed by atoms with E-state index < -0.39 is 0 Å². The molecule has 3 aromatic heterocycles. The van der Waals surface area contributed by atoms with Crippen molar-refractivity contribution in [2.24, 2.45) is 0 Å². The number of furan rings is 1. The van der Waals surface area contributed by atoms with Gasteiger partial charge in [0.1, 0.15) is 0 Å². The third kappa shape index (κ3) is 3.49. The minimum absolute atomic E-state index is 0.0749. The first-order valence-corrected chi connectivity index (χ1v) is 8.45. The molecule has 0 aromatic carbocycles. The number of piperazine rings is 1. The highest BCUT2D eigenvalue weighted by Crippen LogP contribution is 2.24. The van der Waals surface area contributed by atoms with Gasteiger partial charge in [0, 0.05) is 32.2 Å². The van der Waals surface area contributed by atoms with Crippen LogP contribution in [-0.2, 0) is 6.54 Å². The summed E-state index contributed by atoms with van der Waals surface area (Å²) in [5, 5.41) is 7.95. The number of hydrogen-bond acceptors (Lipinski definition) is 8. The predicted molar refractivity (Wildman–Crippen MR) is 88.5 cm³/mol. The molecular formula is C17H21N5O3. The second kappa shape index (κ2) is 6.81. The third-order valence-electron chi connectivity index (χ3n) is 4.55.